The molecular formula is C21H25ClN6S. The minimum absolute atomic E-state index is 0.337. The molecule has 29 heavy (non-hydrogen) atoms. The van der Waals surface area contributed by atoms with Gasteiger partial charge >= 0.3 is 0 Å². The Balaban J connectivity index is 1.40. The van der Waals surface area contributed by atoms with Gasteiger partial charge in [0.25, 0.3) is 0 Å². The highest BCUT2D eigenvalue weighted by Gasteiger charge is 2.40. The summed E-state index contributed by atoms with van der Waals surface area (Å²) in [4.78, 5) is 17.7. The first-order valence-corrected chi connectivity index (χ1v) is 11.4. The van der Waals surface area contributed by atoms with Crippen LogP contribution in [0.25, 0.3) is 5.65 Å². The molecule has 152 valence electrons. The lowest BCUT2D eigenvalue weighted by Gasteiger charge is -2.40. The number of fused-ring (bicyclic) bond motifs is 1. The maximum absolute atomic E-state index is 6.33. The zero-order valence-corrected chi connectivity index (χ0v) is 18.1. The predicted octanol–water partition coefficient (Wildman–Crippen LogP) is 4.92. The third kappa shape index (κ3) is 3.44. The molecule has 1 spiro atoms. The second kappa shape index (κ2) is 7.36. The number of pyridine rings is 1. The highest BCUT2D eigenvalue weighted by atomic mass is 35.5. The number of imidazole rings is 1. The third-order valence-electron chi connectivity index (χ3n) is 6.53. The smallest absolute Gasteiger partial charge is 0.211 e. The van der Waals surface area contributed by atoms with E-state index in [2.05, 4.69) is 26.2 Å². The van der Waals surface area contributed by atoms with E-state index in [4.69, 9.17) is 22.3 Å². The van der Waals surface area contributed by atoms with E-state index in [0.29, 0.717) is 16.3 Å². The lowest BCUT2D eigenvalue weighted by Crippen LogP contribution is -2.40. The first-order valence-electron chi connectivity index (χ1n) is 10.2. The molecule has 1 atom stereocenters. The molecule has 1 saturated carbocycles. The van der Waals surface area contributed by atoms with Gasteiger partial charge in [-0.25, -0.2) is 15.0 Å². The number of anilines is 2. The zero-order chi connectivity index (χ0) is 20.0. The monoisotopic (exact) mass is 428 g/mol. The Kier molecular flexibility index (Phi) is 4.82. The Labute approximate surface area is 179 Å². The van der Waals surface area contributed by atoms with Crippen LogP contribution < -0.4 is 10.6 Å². The summed E-state index contributed by atoms with van der Waals surface area (Å²) in [6.45, 7) is 4.52. The summed E-state index contributed by atoms with van der Waals surface area (Å²) in [6.07, 6.45) is 14.1. The number of aromatic nitrogens is 4. The van der Waals surface area contributed by atoms with Crippen molar-refractivity contribution in [1.29, 1.82) is 0 Å². The number of nitrogens with two attached hydrogens (primary N) is 1. The first-order chi connectivity index (χ1) is 14.0. The van der Waals surface area contributed by atoms with Gasteiger partial charge in [0.1, 0.15) is 5.82 Å². The largest absolute Gasteiger partial charge is 0.382 e. The van der Waals surface area contributed by atoms with Gasteiger partial charge in [-0.1, -0.05) is 36.7 Å². The molecule has 8 heteroatoms. The molecule has 1 saturated heterocycles. The van der Waals surface area contributed by atoms with Crippen molar-refractivity contribution < 1.29 is 0 Å². The average Bonchev–Trinajstić information content (AvgIpc) is 3.34. The number of hydrogen-bond donors (Lipinski definition) is 1. The molecule has 6 nitrogen and oxygen atoms in total. The van der Waals surface area contributed by atoms with E-state index >= 15 is 0 Å². The van der Waals surface area contributed by atoms with Gasteiger partial charge in [-0.05, 0) is 43.1 Å². The Hall–Kier alpha value is -1.99. The van der Waals surface area contributed by atoms with Crippen LogP contribution in [0.15, 0.2) is 40.6 Å². The zero-order valence-electron chi connectivity index (χ0n) is 16.5. The van der Waals surface area contributed by atoms with Crippen molar-refractivity contribution >= 4 is 40.8 Å². The van der Waals surface area contributed by atoms with Crippen molar-refractivity contribution in [3.05, 3.63) is 35.9 Å². The van der Waals surface area contributed by atoms with Gasteiger partial charge in [0.15, 0.2) is 5.65 Å². The summed E-state index contributed by atoms with van der Waals surface area (Å²) in [5, 5.41) is 0.471. The van der Waals surface area contributed by atoms with Crippen LogP contribution in [0.1, 0.15) is 39.0 Å². The van der Waals surface area contributed by atoms with Crippen LogP contribution in [0.3, 0.4) is 0 Å². The fourth-order valence-electron chi connectivity index (χ4n) is 4.96. The lowest BCUT2D eigenvalue weighted by molar-refractivity contribution is 0.218. The highest BCUT2D eigenvalue weighted by Crippen LogP contribution is 2.49. The van der Waals surface area contributed by atoms with E-state index in [1.54, 1.807) is 6.20 Å². The number of nitrogen functional groups attached to an aromatic ring is 1. The van der Waals surface area contributed by atoms with Crippen LogP contribution in [-0.4, -0.2) is 32.4 Å². The van der Waals surface area contributed by atoms with Crippen molar-refractivity contribution in [1.82, 2.24) is 19.4 Å². The highest BCUT2D eigenvalue weighted by molar-refractivity contribution is 7.99. The van der Waals surface area contributed by atoms with Gasteiger partial charge < -0.3 is 10.6 Å². The van der Waals surface area contributed by atoms with Gasteiger partial charge in [-0.15, -0.1) is 0 Å². The molecule has 0 aromatic carbocycles. The van der Waals surface area contributed by atoms with Crippen LogP contribution in [-0.2, 0) is 0 Å². The van der Waals surface area contributed by atoms with Crippen LogP contribution >= 0.6 is 23.4 Å². The molecule has 0 bridgehead atoms. The molecule has 1 unspecified atom stereocenters. The van der Waals surface area contributed by atoms with Crippen molar-refractivity contribution in [2.24, 2.45) is 11.3 Å². The second-order valence-corrected chi connectivity index (χ2v) is 9.95. The van der Waals surface area contributed by atoms with E-state index in [1.165, 1.54) is 43.9 Å². The number of nitrogens with zero attached hydrogens (tertiary/aromatic N) is 5. The number of rotatable bonds is 3. The average molecular weight is 429 g/mol. The van der Waals surface area contributed by atoms with E-state index in [1.807, 2.05) is 24.7 Å². The Morgan fingerprint density at radius 1 is 1.14 bits per heavy atom. The van der Waals surface area contributed by atoms with Crippen molar-refractivity contribution in [3.63, 3.8) is 0 Å². The molecule has 1 aliphatic carbocycles. The fourth-order valence-corrected chi connectivity index (χ4v) is 6.09. The normalized spacial score (nSPS) is 21.3. The summed E-state index contributed by atoms with van der Waals surface area (Å²) in [5.74, 6) is 2.19. The molecule has 2 N–H and O–H groups in total. The van der Waals surface area contributed by atoms with Crippen LogP contribution in [0.5, 0.6) is 0 Å². The fraction of sp³-hybridized carbons (Fsp3) is 0.476. The van der Waals surface area contributed by atoms with Gasteiger partial charge in [-0.2, -0.15) is 0 Å². The third-order valence-corrected chi connectivity index (χ3v) is 8.11. The molecular weight excluding hydrogens is 404 g/mol. The van der Waals surface area contributed by atoms with Crippen molar-refractivity contribution in [3.8, 4) is 0 Å². The van der Waals surface area contributed by atoms with E-state index in [9.17, 15) is 0 Å². The van der Waals surface area contributed by atoms with Gasteiger partial charge in [0.2, 0.25) is 5.95 Å². The number of hydrogen-bond acceptors (Lipinski definition) is 6. The van der Waals surface area contributed by atoms with Crippen molar-refractivity contribution in [2.75, 3.05) is 23.7 Å². The second-order valence-electron chi connectivity index (χ2n) is 8.49. The van der Waals surface area contributed by atoms with E-state index in [0.717, 1.165) is 40.4 Å². The molecule has 5 rings (SSSR count). The minimum atomic E-state index is 0.337. The van der Waals surface area contributed by atoms with Crippen molar-refractivity contribution in [2.45, 2.75) is 48.8 Å². The first kappa shape index (κ1) is 19.0. The molecule has 2 aliphatic rings. The van der Waals surface area contributed by atoms with Crippen LogP contribution in [0.2, 0.25) is 5.02 Å². The topological polar surface area (TPSA) is 72.3 Å². The quantitative estimate of drug-likeness (QED) is 0.638. The number of halogens is 1. The molecule has 0 radical (unpaired) electrons. The van der Waals surface area contributed by atoms with E-state index in [-0.39, 0.29) is 0 Å². The SMILES string of the molecule is CC1CCC2(CCN(c3ncc(Sc4ccnc(N)c4Cl)c4nccn34)CC2)C1. The maximum Gasteiger partial charge on any atom is 0.211 e. The lowest BCUT2D eigenvalue weighted by atomic mass is 9.76. The molecule has 1 aliphatic heterocycles. The number of piperidine rings is 1. The molecule has 3 aromatic heterocycles. The minimum Gasteiger partial charge on any atom is -0.382 e. The maximum atomic E-state index is 6.33. The summed E-state index contributed by atoms with van der Waals surface area (Å²) >= 11 is 7.84. The van der Waals surface area contributed by atoms with Crippen LogP contribution in [0.4, 0.5) is 11.8 Å². The van der Waals surface area contributed by atoms with Crippen LogP contribution in [0, 0.1) is 11.3 Å². The Morgan fingerprint density at radius 2 is 1.97 bits per heavy atom. The molecule has 2 fully saturated rings. The molecule has 3 aromatic rings. The summed E-state index contributed by atoms with van der Waals surface area (Å²) in [7, 11) is 0. The molecule has 0 amide bonds. The Morgan fingerprint density at radius 3 is 2.72 bits per heavy atom. The van der Waals surface area contributed by atoms with Gasteiger partial charge in [0.05, 0.1) is 9.92 Å². The molecule has 4 heterocycles. The van der Waals surface area contributed by atoms with Gasteiger partial charge in [-0.3, -0.25) is 4.40 Å². The van der Waals surface area contributed by atoms with Gasteiger partial charge in [0, 0.05) is 42.8 Å². The van der Waals surface area contributed by atoms with E-state index < -0.39 is 0 Å². The summed E-state index contributed by atoms with van der Waals surface area (Å²) in [5.41, 5.74) is 7.30. The Bertz CT molecular complexity index is 1040. The standard InChI is InChI=1S/C21H25ClN6S/c1-14-2-4-21(12-14)5-9-27(10-6-21)20-26-13-16(19-25-8-11-28(19)20)29-15-3-7-24-18(23)17(15)22/h3,7-8,11,13-14H,2,4-6,9-10,12H2,1H3,(H2,23,24). The predicted molar refractivity (Wildman–Crippen MR) is 118 cm³/mol. The summed E-state index contributed by atoms with van der Waals surface area (Å²) in [6, 6.07) is 1.86. The summed E-state index contributed by atoms with van der Waals surface area (Å²) < 4.78 is 2.09.